The molecule has 0 amide bonds. The number of nitrogens with zero attached hydrogens (tertiary/aromatic N) is 1. The van der Waals surface area contributed by atoms with Crippen LogP contribution >= 0.6 is 0 Å². The van der Waals surface area contributed by atoms with E-state index in [1.807, 2.05) is 0 Å². The van der Waals surface area contributed by atoms with Crippen LogP contribution in [0.5, 0.6) is 0 Å². The topological polar surface area (TPSA) is 12.4 Å². The van der Waals surface area contributed by atoms with Crippen molar-refractivity contribution in [2.24, 2.45) is 4.99 Å². The standard InChI is InChI=1S/C19H39NSi/c1-5-9-10-11-12-13-14-20-15-19-21(16-6-2,17-7-3)18-8-4/h6,15-16H,5,7-14,17-19H2,1-4H3. The minimum atomic E-state index is -1.21. The van der Waals surface area contributed by atoms with Crippen LogP contribution in [-0.2, 0) is 0 Å². The van der Waals surface area contributed by atoms with Gasteiger partial charge in [-0.25, -0.2) is 0 Å². The number of hydrogen-bond donors (Lipinski definition) is 0. The maximum absolute atomic E-state index is 4.70. The average Bonchev–Trinajstić information content (AvgIpc) is 2.46. The third kappa shape index (κ3) is 10.9. The zero-order valence-corrected chi connectivity index (χ0v) is 16.2. The lowest BCUT2D eigenvalue weighted by molar-refractivity contribution is 0.612. The van der Waals surface area contributed by atoms with Crippen LogP contribution in [0, 0.1) is 0 Å². The first-order chi connectivity index (χ1) is 10.2. The fraction of sp³-hybridized carbons (Fsp3) is 0.842. The number of hydrogen-bond acceptors (Lipinski definition) is 1. The van der Waals surface area contributed by atoms with E-state index in [0.717, 1.165) is 6.54 Å². The summed E-state index contributed by atoms with van der Waals surface area (Å²) in [7, 11) is -1.21. The van der Waals surface area contributed by atoms with Crippen molar-refractivity contribution in [1.82, 2.24) is 0 Å². The Morgan fingerprint density at radius 3 is 2.00 bits per heavy atom. The molecular weight excluding hydrogens is 270 g/mol. The van der Waals surface area contributed by atoms with Crippen molar-refractivity contribution in [3.63, 3.8) is 0 Å². The van der Waals surface area contributed by atoms with Gasteiger partial charge in [0, 0.05) is 6.54 Å². The molecule has 21 heavy (non-hydrogen) atoms. The largest absolute Gasteiger partial charge is 0.298 e. The molecule has 0 radical (unpaired) electrons. The molecule has 0 fully saturated rings. The van der Waals surface area contributed by atoms with Crippen LogP contribution < -0.4 is 0 Å². The Hall–Kier alpha value is -0.373. The lowest BCUT2D eigenvalue weighted by atomic mass is 10.1. The fourth-order valence-corrected chi connectivity index (χ4v) is 7.55. The van der Waals surface area contributed by atoms with Crippen molar-refractivity contribution in [3.8, 4) is 0 Å². The molecule has 0 aromatic heterocycles. The number of unbranched alkanes of at least 4 members (excludes halogenated alkanes) is 5. The van der Waals surface area contributed by atoms with Crippen LogP contribution in [0.25, 0.3) is 0 Å². The fourth-order valence-electron chi connectivity index (χ4n) is 3.23. The summed E-state index contributed by atoms with van der Waals surface area (Å²) in [5.41, 5.74) is 2.57. The molecule has 0 aliphatic rings. The van der Waals surface area contributed by atoms with E-state index >= 15 is 0 Å². The van der Waals surface area contributed by atoms with Crippen LogP contribution in [0.15, 0.2) is 16.8 Å². The van der Waals surface area contributed by atoms with Crippen LogP contribution in [0.1, 0.15) is 79.1 Å². The second-order valence-electron chi connectivity index (χ2n) is 6.42. The molecule has 0 aliphatic carbocycles. The molecule has 0 bridgehead atoms. The van der Waals surface area contributed by atoms with Gasteiger partial charge in [-0.2, -0.15) is 0 Å². The monoisotopic (exact) mass is 309 g/mol. The zero-order chi connectivity index (χ0) is 15.8. The Labute approximate surface area is 135 Å². The molecule has 2 heteroatoms. The first kappa shape index (κ1) is 20.6. The lowest BCUT2D eigenvalue weighted by Crippen LogP contribution is -2.31. The van der Waals surface area contributed by atoms with E-state index in [4.69, 9.17) is 4.99 Å². The summed E-state index contributed by atoms with van der Waals surface area (Å²) in [4.78, 5) is 4.70. The first-order valence-corrected chi connectivity index (χ1v) is 12.1. The highest BCUT2D eigenvalue weighted by atomic mass is 28.3. The predicted molar refractivity (Wildman–Crippen MR) is 102 cm³/mol. The van der Waals surface area contributed by atoms with Crippen LogP contribution in [0.3, 0.4) is 0 Å². The Morgan fingerprint density at radius 1 is 0.810 bits per heavy atom. The highest BCUT2D eigenvalue weighted by molar-refractivity contribution is 6.86. The van der Waals surface area contributed by atoms with Crippen molar-refractivity contribution in [2.45, 2.75) is 97.2 Å². The van der Waals surface area contributed by atoms with Crippen molar-refractivity contribution in [1.29, 1.82) is 0 Å². The molecule has 0 saturated carbocycles. The molecule has 0 atom stereocenters. The Bertz CT molecular complexity index is 265. The Kier molecular flexibility index (Phi) is 14.3. The molecule has 0 saturated heterocycles. The average molecular weight is 310 g/mol. The quantitative estimate of drug-likeness (QED) is 0.190. The van der Waals surface area contributed by atoms with Gasteiger partial charge in [-0.15, -0.1) is 0 Å². The van der Waals surface area contributed by atoms with Gasteiger partial charge in [0.1, 0.15) is 0 Å². The predicted octanol–water partition coefficient (Wildman–Crippen LogP) is 6.80. The minimum Gasteiger partial charge on any atom is -0.298 e. The van der Waals surface area contributed by atoms with Crippen LogP contribution in [0.4, 0.5) is 0 Å². The molecule has 0 rings (SSSR count). The third-order valence-electron chi connectivity index (χ3n) is 4.28. The van der Waals surface area contributed by atoms with Gasteiger partial charge in [0.25, 0.3) is 0 Å². The van der Waals surface area contributed by atoms with Gasteiger partial charge in [0.15, 0.2) is 0 Å². The number of allylic oxidation sites excluding steroid dienone is 1. The smallest absolute Gasteiger partial charge is 0.0825 e. The van der Waals surface area contributed by atoms with E-state index in [1.165, 1.54) is 69.5 Å². The third-order valence-corrected chi connectivity index (χ3v) is 9.31. The highest BCUT2D eigenvalue weighted by Gasteiger charge is 2.26. The summed E-state index contributed by atoms with van der Waals surface area (Å²) in [6.07, 6.45) is 15.4. The summed E-state index contributed by atoms with van der Waals surface area (Å²) in [6, 6.07) is 4.11. The van der Waals surface area contributed by atoms with E-state index in [2.05, 4.69) is 45.7 Å². The molecule has 0 spiro atoms. The highest BCUT2D eigenvalue weighted by Crippen LogP contribution is 2.25. The summed E-state index contributed by atoms with van der Waals surface area (Å²) in [5.74, 6) is 0. The molecule has 0 unspecified atom stereocenters. The summed E-state index contributed by atoms with van der Waals surface area (Å²) in [5, 5.41) is 0. The first-order valence-electron chi connectivity index (χ1n) is 9.36. The molecule has 124 valence electrons. The second-order valence-corrected chi connectivity index (χ2v) is 10.9. The summed E-state index contributed by atoms with van der Waals surface area (Å²) >= 11 is 0. The van der Waals surface area contributed by atoms with E-state index < -0.39 is 8.07 Å². The molecule has 0 aliphatic heterocycles. The van der Waals surface area contributed by atoms with Gasteiger partial charge in [-0.05, 0) is 25.6 Å². The molecule has 1 nitrogen and oxygen atoms in total. The molecular formula is C19H39NSi. The van der Waals surface area contributed by atoms with E-state index in [-0.39, 0.29) is 0 Å². The van der Waals surface area contributed by atoms with E-state index in [9.17, 15) is 0 Å². The lowest BCUT2D eigenvalue weighted by Gasteiger charge is -2.26. The van der Waals surface area contributed by atoms with Crippen molar-refractivity contribution in [2.75, 3.05) is 6.54 Å². The maximum Gasteiger partial charge on any atom is 0.0825 e. The Balaban J connectivity index is 4.02. The van der Waals surface area contributed by atoms with Gasteiger partial charge < -0.3 is 0 Å². The Morgan fingerprint density at radius 2 is 1.43 bits per heavy atom. The normalized spacial score (nSPS) is 12.8. The zero-order valence-electron chi connectivity index (χ0n) is 15.2. The molecule has 0 N–H and O–H groups in total. The van der Waals surface area contributed by atoms with E-state index in [1.54, 1.807) is 0 Å². The number of aliphatic imine (C=N–C) groups is 1. The van der Waals surface area contributed by atoms with Crippen LogP contribution in [-0.4, -0.2) is 20.8 Å². The molecule has 0 aromatic carbocycles. The maximum atomic E-state index is 4.70. The van der Waals surface area contributed by atoms with Crippen molar-refractivity contribution >= 4 is 14.3 Å². The SMILES string of the molecule is CC=C[Si](CC=NCCCCCCCC)(CCC)CCC. The van der Waals surface area contributed by atoms with Crippen molar-refractivity contribution < 1.29 is 0 Å². The number of rotatable bonds is 14. The minimum absolute atomic E-state index is 1.05. The van der Waals surface area contributed by atoms with Gasteiger partial charge in [0.05, 0.1) is 8.07 Å². The van der Waals surface area contributed by atoms with Gasteiger partial charge in [-0.1, -0.05) is 89.6 Å². The van der Waals surface area contributed by atoms with E-state index in [0.29, 0.717) is 0 Å². The summed E-state index contributed by atoms with van der Waals surface area (Å²) in [6.45, 7) is 10.2. The second kappa shape index (κ2) is 14.6. The molecule has 0 aromatic rings. The van der Waals surface area contributed by atoms with Gasteiger partial charge in [-0.3, -0.25) is 4.99 Å². The summed E-state index contributed by atoms with van der Waals surface area (Å²) < 4.78 is 0. The van der Waals surface area contributed by atoms with Crippen LogP contribution in [0.2, 0.25) is 18.1 Å². The van der Waals surface area contributed by atoms with Gasteiger partial charge in [0.2, 0.25) is 0 Å². The van der Waals surface area contributed by atoms with Gasteiger partial charge >= 0.3 is 0 Å². The molecule has 0 heterocycles. The van der Waals surface area contributed by atoms with Crippen molar-refractivity contribution in [3.05, 3.63) is 11.8 Å².